The number of rotatable bonds is 5. The fourth-order valence-corrected chi connectivity index (χ4v) is 1.70. The molecule has 0 aliphatic rings. The molecule has 5 heteroatoms. The maximum atomic E-state index is 5.89. The number of ether oxygens (including phenoxy) is 1. The van der Waals surface area contributed by atoms with Crippen molar-refractivity contribution in [2.75, 3.05) is 12.3 Å². The minimum Gasteiger partial charge on any atom is -0.476 e. The highest BCUT2D eigenvalue weighted by atomic mass is 16.5. The van der Waals surface area contributed by atoms with Crippen LogP contribution in [-0.4, -0.2) is 21.4 Å². The van der Waals surface area contributed by atoms with Gasteiger partial charge in [-0.15, -0.1) is 0 Å². The summed E-state index contributed by atoms with van der Waals surface area (Å²) in [4.78, 5) is 4.44. The van der Waals surface area contributed by atoms with Gasteiger partial charge in [0.25, 0.3) is 0 Å². The summed E-state index contributed by atoms with van der Waals surface area (Å²) >= 11 is 0. The number of hydrogen-bond donors (Lipinski definition) is 1. The number of nitrogen functional groups attached to an aromatic ring is 1. The van der Waals surface area contributed by atoms with Crippen LogP contribution in [0.25, 0.3) is 5.82 Å². The van der Waals surface area contributed by atoms with Crippen molar-refractivity contribution in [1.29, 1.82) is 0 Å². The second kappa shape index (κ2) is 5.94. The first-order chi connectivity index (χ1) is 9.47. The second-order valence-electron chi connectivity index (χ2n) is 5.61. The van der Waals surface area contributed by atoms with E-state index < -0.39 is 0 Å². The average molecular weight is 274 g/mol. The normalized spacial score (nSPS) is 11.3. The van der Waals surface area contributed by atoms with E-state index in [1.807, 2.05) is 18.3 Å². The summed E-state index contributed by atoms with van der Waals surface area (Å²) in [5.74, 6) is 2.00. The Balaban J connectivity index is 2.25. The fraction of sp³-hybridized carbons (Fsp3) is 0.467. The first kappa shape index (κ1) is 14.4. The van der Waals surface area contributed by atoms with E-state index in [1.165, 1.54) is 0 Å². The Labute approximate surface area is 119 Å². The topological polar surface area (TPSA) is 66.0 Å². The van der Waals surface area contributed by atoms with Gasteiger partial charge in [-0.3, -0.25) is 0 Å². The zero-order valence-electron chi connectivity index (χ0n) is 12.5. The van der Waals surface area contributed by atoms with Crippen LogP contribution >= 0.6 is 0 Å². The van der Waals surface area contributed by atoms with E-state index in [0.717, 1.165) is 5.69 Å². The maximum absolute atomic E-state index is 5.89. The molecule has 2 rings (SSSR count). The highest BCUT2D eigenvalue weighted by Crippen LogP contribution is 2.21. The third kappa shape index (κ3) is 3.29. The Morgan fingerprint density at radius 2 is 1.95 bits per heavy atom. The largest absolute Gasteiger partial charge is 0.476 e. The average Bonchev–Trinajstić information content (AvgIpc) is 2.87. The number of nitrogens with two attached hydrogens (primary N) is 1. The lowest BCUT2D eigenvalue weighted by Gasteiger charge is -2.11. The SMILES string of the molecule is CC(C)COc1nc(-n2ccc(C(C)C)n2)ccc1N. The van der Waals surface area contributed by atoms with Crippen LogP contribution in [-0.2, 0) is 0 Å². The third-order valence-electron chi connectivity index (χ3n) is 2.86. The molecular weight excluding hydrogens is 252 g/mol. The van der Waals surface area contributed by atoms with E-state index in [1.54, 1.807) is 10.7 Å². The van der Waals surface area contributed by atoms with Crippen molar-refractivity contribution >= 4 is 5.69 Å². The lowest BCUT2D eigenvalue weighted by molar-refractivity contribution is 0.262. The van der Waals surface area contributed by atoms with Crippen LogP contribution in [0.2, 0.25) is 0 Å². The van der Waals surface area contributed by atoms with Crippen molar-refractivity contribution in [1.82, 2.24) is 14.8 Å². The molecule has 0 bridgehead atoms. The molecule has 2 aromatic heterocycles. The van der Waals surface area contributed by atoms with Crippen LogP contribution in [0.1, 0.15) is 39.3 Å². The van der Waals surface area contributed by atoms with Gasteiger partial charge in [-0.25, -0.2) is 4.68 Å². The van der Waals surface area contributed by atoms with Crippen molar-refractivity contribution in [2.24, 2.45) is 5.92 Å². The van der Waals surface area contributed by atoms with Crippen molar-refractivity contribution < 1.29 is 4.74 Å². The first-order valence-corrected chi connectivity index (χ1v) is 6.92. The van der Waals surface area contributed by atoms with Gasteiger partial charge in [0.05, 0.1) is 18.0 Å². The van der Waals surface area contributed by atoms with E-state index in [9.17, 15) is 0 Å². The Bertz CT molecular complexity index is 575. The van der Waals surface area contributed by atoms with Crippen LogP contribution in [0, 0.1) is 5.92 Å². The van der Waals surface area contributed by atoms with Crippen molar-refractivity contribution in [3.63, 3.8) is 0 Å². The molecule has 0 aliphatic carbocycles. The Morgan fingerprint density at radius 1 is 1.20 bits per heavy atom. The van der Waals surface area contributed by atoms with Gasteiger partial charge in [0.2, 0.25) is 5.88 Å². The van der Waals surface area contributed by atoms with Crippen molar-refractivity contribution in [3.8, 4) is 11.7 Å². The summed E-state index contributed by atoms with van der Waals surface area (Å²) < 4.78 is 7.38. The van der Waals surface area contributed by atoms with Gasteiger partial charge >= 0.3 is 0 Å². The van der Waals surface area contributed by atoms with Gasteiger partial charge in [-0.2, -0.15) is 10.1 Å². The molecule has 0 aliphatic heterocycles. The highest BCUT2D eigenvalue weighted by molar-refractivity contribution is 5.50. The Hall–Kier alpha value is -2.04. The number of anilines is 1. The third-order valence-corrected chi connectivity index (χ3v) is 2.86. The van der Waals surface area contributed by atoms with Crippen molar-refractivity contribution in [3.05, 3.63) is 30.1 Å². The monoisotopic (exact) mass is 274 g/mol. The zero-order valence-corrected chi connectivity index (χ0v) is 12.5. The highest BCUT2D eigenvalue weighted by Gasteiger charge is 2.09. The summed E-state index contributed by atoms with van der Waals surface area (Å²) in [6.45, 7) is 8.99. The smallest absolute Gasteiger partial charge is 0.239 e. The van der Waals surface area contributed by atoms with E-state index in [-0.39, 0.29) is 0 Å². The predicted molar refractivity (Wildman–Crippen MR) is 80.2 cm³/mol. The first-order valence-electron chi connectivity index (χ1n) is 6.92. The molecule has 0 saturated carbocycles. The number of pyridine rings is 1. The maximum Gasteiger partial charge on any atom is 0.239 e. The van der Waals surface area contributed by atoms with Gasteiger partial charge < -0.3 is 10.5 Å². The minimum atomic E-state index is 0.390. The van der Waals surface area contributed by atoms with E-state index in [2.05, 4.69) is 37.8 Å². The molecular formula is C15H22N4O. The van der Waals surface area contributed by atoms with E-state index in [4.69, 9.17) is 10.5 Å². The molecule has 20 heavy (non-hydrogen) atoms. The zero-order chi connectivity index (χ0) is 14.7. The van der Waals surface area contributed by atoms with Crippen LogP contribution in [0.3, 0.4) is 0 Å². The molecule has 0 aromatic carbocycles. The molecule has 0 amide bonds. The summed E-state index contributed by atoms with van der Waals surface area (Å²) in [7, 11) is 0. The van der Waals surface area contributed by atoms with Gasteiger partial charge in [-0.05, 0) is 30.0 Å². The lowest BCUT2D eigenvalue weighted by Crippen LogP contribution is -2.09. The van der Waals surface area contributed by atoms with Crippen molar-refractivity contribution in [2.45, 2.75) is 33.6 Å². The number of hydrogen-bond acceptors (Lipinski definition) is 4. The van der Waals surface area contributed by atoms with Gasteiger partial charge in [0.15, 0.2) is 5.82 Å². The molecule has 0 unspecified atom stereocenters. The summed E-state index contributed by atoms with van der Waals surface area (Å²) in [5.41, 5.74) is 7.47. The minimum absolute atomic E-state index is 0.390. The van der Waals surface area contributed by atoms with E-state index >= 15 is 0 Å². The fourth-order valence-electron chi connectivity index (χ4n) is 1.70. The molecule has 2 aromatic rings. The summed E-state index contributed by atoms with van der Waals surface area (Å²) in [6.07, 6.45) is 1.90. The van der Waals surface area contributed by atoms with Gasteiger partial charge in [0.1, 0.15) is 0 Å². The summed E-state index contributed by atoms with van der Waals surface area (Å²) in [5, 5.41) is 4.50. The van der Waals surface area contributed by atoms with E-state index in [0.29, 0.717) is 35.8 Å². The molecule has 2 N–H and O–H groups in total. The molecule has 108 valence electrons. The molecule has 0 radical (unpaired) electrons. The lowest BCUT2D eigenvalue weighted by atomic mass is 10.1. The number of nitrogens with zero attached hydrogens (tertiary/aromatic N) is 3. The molecule has 0 fully saturated rings. The standard InChI is InChI=1S/C15H22N4O/c1-10(2)9-20-15-12(16)5-6-14(17-15)19-8-7-13(18-19)11(3)4/h5-8,10-11H,9,16H2,1-4H3. The van der Waals surface area contributed by atoms with Gasteiger partial charge in [-0.1, -0.05) is 27.7 Å². The van der Waals surface area contributed by atoms with Crippen LogP contribution in [0.15, 0.2) is 24.4 Å². The second-order valence-corrected chi connectivity index (χ2v) is 5.61. The predicted octanol–water partition coefficient (Wildman–Crippen LogP) is 3.01. The quantitative estimate of drug-likeness (QED) is 0.910. The van der Waals surface area contributed by atoms with Crippen LogP contribution < -0.4 is 10.5 Å². The Kier molecular flexibility index (Phi) is 4.27. The number of aromatic nitrogens is 3. The molecule has 0 atom stereocenters. The molecule has 2 heterocycles. The van der Waals surface area contributed by atoms with Crippen LogP contribution in [0.5, 0.6) is 5.88 Å². The molecule has 0 saturated heterocycles. The summed E-state index contributed by atoms with van der Waals surface area (Å²) in [6, 6.07) is 5.64. The molecule has 0 spiro atoms. The van der Waals surface area contributed by atoms with Crippen LogP contribution in [0.4, 0.5) is 5.69 Å². The molecule has 5 nitrogen and oxygen atoms in total. The Morgan fingerprint density at radius 3 is 2.55 bits per heavy atom. The van der Waals surface area contributed by atoms with Gasteiger partial charge in [0, 0.05) is 6.20 Å².